The molecule has 2 atom stereocenters. The van der Waals surface area contributed by atoms with Crippen LogP contribution in [0.25, 0.3) is 0 Å². The SMILES string of the molecule is CNC(=O)c1ccc(CNC2CC(C)OC(C)C2)cc1. The Morgan fingerprint density at radius 1 is 1.20 bits per heavy atom. The van der Waals surface area contributed by atoms with Gasteiger partial charge in [0.2, 0.25) is 0 Å². The average molecular weight is 276 g/mol. The fraction of sp³-hybridized carbons (Fsp3) is 0.562. The molecule has 0 bridgehead atoms. The smallest absolute Gasteiger partial charge is 0.251 e. The van der Waals surface area contributed by atoms with E-state index in [0.717, 1.165) is 19.4 Å². The summed E-state index contributed by atoms with van der Waals surface area (Å²) in [5.74, 6) is -0.0448. The van der Waals surface area contributed by atoms with Gasteiger partial charge in [0.05, 0.1) is 12.2 Å². The van der Waals surface area contributed by atoms with Gasteiger partial charge in [-0.2, -0.15) is 0 Å². The molecule has 0 radical (unpaired) electrons. The fourth-order valence-corrected chi connectivity index (χ4v) is 2.75. The summed E-state index contributed by atoms with van der Waals surface area (Å²) in [6, 6.07) is 8.25. The number of hydrogen-bond acceptors (Lipinski definition) is 3. The van der Waals surface area contributed by atoms with Crippen molar-refractivity contribution in [3.8, 4) is 0 Å². The molecule has 0 aromatic heterocycles. The fourth-order valence-electron chi connectivity index (χ4n) is 2.75. The van der Waals surface area contributed by atoms with Gasteiger partial charge in [0, 0.05) is 25.2 Å². The first-order valence-corrected chi connectivity index (χ1v) is 7.28. The highest BCUT2D eigenvalue weighted by molar-refractivity contribution is 5.93. The van der Waals surface area contributed by atoms with Gasteiger partial charge < -0.3 is 15.4 Å². The Labute approximate surface area is 120 Å². The molecule has 4 heteroatoms. The van der Waals surface area contributed by atoms with Crippen molar-refractivity contribution < 1.29 is 9.53 Å². The molecule has 4 nitrogen and oxygen atoms in total. The van der Waals surface area contributed by atoms with E-state index in [1.54, 1.807) is 7.05 Å². The van der Waals surface area contributed by atoms with Crippen LogP contribution in [0.4, 0.5) is 0 Å². The van der Waals surface area contributed by atoms with E-state index in [4.69, 9.17) is 4.74 Å². The highest BCUT2D eigenvalue weighted by Crippen LogP contribution is 2.19. The van der Waals surface area contributed by atoms with Crippen molar-refractivity contribution in [3.05, 3.63) is 35.4 Å². The molecule has 1 saturated heterocycles. The maximum Gasteiger partial charge on any atom is 0.251 e. The van der Waals surface area contributed by atoms with E-state index in [0.29, 0.717) is 23.8 Å². The number of carbonyl (C=O) groups excluding carboxylic acids is 1. The van der Waals surface area contributed by atoms with Crippen LogP contribution in [0.1, 0.15) is 42.6 Å². The summed E-state index contributed by atoms with van der Waals surface area (Å²) in [4.78, 5) is 11.5. The zero-order valence-electron chi connectivity index (χ0n) is 12.5. The van der Waals surface area contributed by atoms with Gasteiger partial charge >= 0.3 is 0 Å². The van der Waals surface area contributed by atoms with Gasteiger partial charge in [0.15, 0.2) is 0 Å². The predicted octanol–water partition coefficient (Wildman–Crippen LogP) is 2.09. The summed E-state index contributed by atoms with van der Waals surface area (Å²) in [7, 11) is 1.64. The van der Waals surface area contributed by atoms with Crippen LogP contribution in [-0.4, -0.2) is 31.2 Å². The maximum absolute atomic E-state index is 11.5. The number of benzene rings is 1. The van der Waals surface area contributed by atoms with Crippen LogP contribution in [-0.2, 0) is 11.3 Å². The standard InChI is InChI=1S/C16H24N2O2/c1-11-8-15(9-12(2)20-11)18-10-13-4-6-14(7-5-13)16(19)17-3/h4-7,11-12,15,18H,8-10H2,1-3H3,(H,17,19). The minimum Gasteiger partial charge on any atom is -0.375 e. The molecule has 110 valence electrons. The second kappa shape index (κ2) is 6.86. The number of amides is 1. The number of rotatable bonds is 4. The van der Waals surface area contributed by atoms with Crippen molar-refractivity contribution in [1.29, 1.82) is 0 Å². The number of nitrogens with one attached hydrogen (secondary N) is 2. The molecular formula is C16H24N2O2. The highest BCUT2D eigenvalue weighted by Gasteiger charge is 2.23. The Morgan fingerprint density at radius 3 is 2.35 bits per heavy atom. The molecule has 2 rings (SSSR count). The van der Waals surface area contributed by atoms with Crippen LogP contribution < -0.4 is 10.6 Å². The Hall–Kier alpha value is -1.39. The van der Waals surface area contributed by atoms with Crippen molar-refractivity contribution in [3.63, 3.8) is 0 Å². The number of ether oxygens (including phenoxy) is 1. The highest BCUT2D eigenvalue weighted by atomic mass is 16.5. The molecule has 2 N–H and O–H groups in total. The predicted molar refractivity (Wildman–Crippen MR) is 79.7 cm³/mol. The molecule has 1 aromatic carbocycles. The summed E-state index contributed by atoms with van der Waals surface area (Å²) >= 11 is 0. The zero-order valence-corrected chi connectivity index (χ0v) is 12.5. The molecule has 0 saturated carbocycles. The summed E-state index contributed by atoms with van der Waals surface area (Å²) in [6.07, 6.45) is 2.76. The van der Waals surface area contributed by atoms with Crippen LogP contribution in [0.2, 0.25) is 0 Å². The van der Waals surface area contributed by atoms with Crippen molar-refractivity contribution in [2.45, 2.75) is 51.5 Å². The van der Waals surface area contributed by atoms with Crippen LogP contribution in [0.5, 0.6) is 0 Å². The maximum atomic E-state index is 11.5. The lowest BCUT2D eigenvalue weighted by atomic mass is 9.99. The van der Waals surface area contributed by atoms with E-state index < -0.39 is 0 Å². The Kier molecular flexibility index (Phi) is 5.15. The van der Waals surface area contributed by atoms with Crippen LogP contribution in [0.3, 0.4) is 0 Å². The van der Waals surface area contributed by atoms with E-state index in [2.05, 4.69) is 24.5 Å². The monoisotopic (exact) mass is 276 g/mol. The van der Waals surface area contributed by atoms with Crippen LogP contribution in [0.15, 0.2) is 24.3 Å². The molecule has 0 spiro atoms. The first kappa shape index (κ1) is 15.0. The van der Waals surface area contributed by atoms with E-state index >= 15 is 0 Å². The van der Waals surface area contributed by atoms with Crippen molar-refractivity contribution in [2.75, 3.05) is 7.05 Å². The lowest BCUT2D eigenvalue weighted by Crippen LogP contribution is -2.40. The first-order chi connectivity index (χ1) is 9.58. The van der Waals surface area contributed by atoms with Gasteiger partial charge in [-0.3, -0.25) is 4.79 Å². The first-order valence-electron chi connectivity index (χ1n) is 7.28. The molecule has 1 fully saturated rings. The third kappa shape index (κ3) is 4.05. The van der Waals surface area contributed by atoms with Gasteiger partial charge in [-0.15, -0.1) is 0 Å². The Bertz CT molecular complexity index is 434. The quantitative estimate of drug-likeness (QED) is 0.885. The van der Waals surface area contributed by atoms with Gasteiger partial charge in [-0.1, -0.05) is 12.1 Å². The summed E-state index contributed by atoms with van der Waals surface area (Å²) in [5, 5.41) is 6.21. The molecule has 1 aromatic rings. The summed E-state index contributed by atoms with van der Waals surface area (Å²) in [5.41, 5.74) is 1.90. The lowest BCUT2D eigenvalue weighted by Gasteiger charge is -2.32. The largest absolute Gasteiger partial charge is 0.375 e. The van der Waals surface area contributed by atoms with Crippen molar-refractivity contribution >= 4 is 5.91 Å². The van der Waals surface area contributed by atoms with Crippen LogP contribution >= 0.6 is 0 Å². The molecule has 1 aliphatic rings. The third-order valence-corrected chi connectivity index (χ3v) is 3.74. The van der Waals surface area contributed by atoms with Gasteiger partial charge in [0.25, 0.3) is 5.91 Å². The van der Waals surface area contributed by atoms with Crippen molar-refractivity contribution in [2.24, 2.45) is 0 Å². The Morgan fingerprint density at radius 2 is 1.80 bits per heavy atom. The molecule has 20 heavy (non-hydrogen) atoms. The molecule has 1 amide bonds. The molecular weight excluding hydrogens is 252 g/mol. The molecule has 1 aliphatic heterocycles. The number of carbonyl (C=O) groups is 1. The van der Waals surface area contributed by atoms with E-state index in [-0.39, 0.29) is 5.91 Å². The minimum absolute atomic E-state index is 0.0448. The third-order valence-electron chi connectivity index (χ3n) is 3.74. The van der Waals surface area contributed by atoms with Crippen LogP contribution in [0, 0.1) is 0 Å². The summed E-state index contributed by atoms with van der Waals surface area (Å²) in [6.45, 7) is 5.09. The van der Waals surface area contributed by atoms with E-state index in [1.807, 2.05) is 24.3 Å². The number of hydrogen-bond donors (Lipinski definition) is 2. The van der Waals surface area contributed by atoms with E-state index in [9.17, 15) is 4.79 Å². The Balaban J connectivity index is 1.86. The molecule has 0 aliphatic carbocycles. The van der Waals surface area contributed by atoms with E-state index in [1.165, 1.54) is 5.56 Å². The van der Waals surface area contributed by atoms with Gasteiger partial charge in [-0.25, -0.2) is 0 Å². The average Bonchev–Trinajstić information content (AvgIpc) is 2.44. The second-order valence-electron chi connectivity index (χ2n) is 5.58. The van der Waals surface area contributed by atoms with Gasteiger partial charge in [-0.05, 0) is 44.4 Å². The zero-order chi connectivity index (χ0) is 14.5. The molecule has 1 heterocycles. The minimum atomic E-state index is -0.0448. The van der Waals surface area contributed by atoms with Crippen molar-refractivity contribution in [1.82, 2.24) is 10.6 Å². The topological polar surface area (TPSA) is 50.4 Å². The normalized spacial score (nSPS) is 26.2. The van der Waals surface area contributed by atoms with Gasteiger partial charge in [0.1, 0.15) is 0 Å². The lowest BCUT2D eigenvalue weighted by molar-refractivity contribution is -0.0422. The second-order valence-corrected chi connectivity index (χ2v) is 5.58. The molecule has 2 unspecified atom stereocenters. The summed E-state index contributed by atoms with van der Waals surface area (Å²) < 4.78 is 5.74.